The zero-order chi connectivity index (χ0) is 36.4. The Bertz CT molecular complexity index is 1820. The Morgan fingerprint density at radius 2 is 1.36 bits per heavy atom. The molecule has 0 saturated carbocycles. The summed E-state index contributed by atoms with van der Waals surface area (Å²) in [6.07, 6.45) is 1.38. The van der Waals surface area contributed by atoms with Crippen LogP contribution in [0.1, 0.15) is 64.6 Å². The lowest BCUT2D eigenvalue weighted by Gasteiger charge is -2.38. The van der Waals surface area contributed by atoms with Crippen molar-refractivity contribution >= 4 is 35.2 Å². The summed E-state index contributed by atoms with van der Waals surface area (Å²) < 4.78 is 16.1. The third-order valence-electron chi connectivity index (χ3n) is 7.95. The van der Waals surface area contributed by atoms with Crippen LogP contribution in [0.4, 0.5) is 16.2 Å². The summed E-state index contributed by atoms with van der Waals surface area (Å²) in [5.41, 5.74) is 4.06. The Hall–Kier alpha value is -5.84. The molecule has 50 heavy (non-hydrogen) atoms. The van der Waals surface area contributed by atoms with Crippen molar-refractivity contribution in [2.75, 3.05) is 31.5 Å². The van der Waals surface area contributed by atoms with Gasteiger partial charge in [0.15, 0.2) is 11.5 Å². The van der Waals surface area contributed by atoms with Crippen LogP contribution in [-0.4, -0.2) is 55.8 Å². The number of aryl methyl sites for hydroxylation is 3. The maximum atomic E-state index is 13.6. The van der Waals surface area contributed by atoms with Crippen molar-refractivity contribution in [3.05, 3.63) is 113 Å². The topological polar surface area (TPSA) is 139 Å². The Labute approximate surface area is 292 Å². The second kappa shape index (κ2) is 16.5. The van der Waals surface area contributed by atoms with Gasteiger partial charge in [0.25, 0.3) is 11.8 Å². The molecule has 0 aromatic heterocycles. The second-order valence-electron chi connectivity index (χ2n) is 12.6. The van der Waals surface area contributed by atoms with Gasteiger partial charge >= 0.3 is 6.09 Å². The van der Waals surface area contributed by atoms with Crippen LogP contribution < -0.4 is 29.7 Å². The summed E-state index contributed by atoms with van der Waals surface area (Å²) in [5.74, 6) is -0.406. The SMILES string of the molecule is COc1cc(C(=O)NC(=NC(=O)O)N(c2ccc(C)c(NC(=O)c3ccc(CCCc4ccccc4)cc3)c2)C(C)(C)C)cc(OC)c1OC. The third kappa shape index (κ3) is 9.40. The molecule has 4 aromatic rings. The molecule has 0 fully saturated rings. The van der Waals surface area contributed by atoms with E-state index in [4.69, 9.17) is 14.2 Å². The smallest absolute Gasteiger partial charge is 0.434 e. The molecule has 11 heteroatoms. The van der Waals surface area contributed by atoms with E-state index in [1.165, 1.54) is 39.0 Å². The molecule has 3 N–H and O–H groups in total. The average Bonchev–Trinajstić information content (AvgIpc) is 3.08. The van der Waals surface area contributed by atoms with Crippen molar-refractivity contribution in [3.8, 4) is 17.2 Å². The Morgan fingerprint density at radius 3 is 1.90 bits per heavy atom. The first-order chi connectivity index (χ1) is 23.8. The third-order valence-corrected chi connectivity index (χ3v) is 7.95. The number of aliphatic imine (C=N–C) groups is 1. The number of hydrogen-bond donors (Lipinski definition) is 3. The minimum atomic E-state index is -1.51. The lowest BCUT2D eigenvalue weighted by Crippen LogP contribution is -2.53. The number of anilines is 2. The standard InChI is InChI=1S/C39H44N4O7/c1-25-16-21-30(24-31(25)40-35(44)28-19-17-27(18-20-28)15-11-14-26-12-9-8-10-13-26)43(39(2,3)4)37(42-38(46)47)41-36(45)29-22-32(48-5)34(50-7)33(23-29)49-6/h8-10,12-13,16-24H,11,14-15H2,1-7H3,(H,40,44)(H,46,47)(H,41,42,45). The maximum Gasteiger partial charge on any atom is 0.434 e. The average molecular weight is 681 g/mol. The monoisotopic (exact) mass is 680 g/mol. The zero-order valence-electron chi connectivity index (χ0n) is 29.5. The van der Waals surface area contributed by atoms with Crippen molar-refractivity contribution in [3.63, 3.8) is 0 Å². The number of amides is 3. The number of carboxylic acid groups (broad SMARTS) is 1. The molecule has 0 aliphatic rings. The normalized spacial score (nSPS) is 11.4. The summed E-state index contributed by atoms with van der Waals surface area (Å²) in [6.45, 7) is 7.38. The molecule has 0 atom stereocenters. The van der Waals surface area contributed by atoms with E-state index in [2.05, 4.69) is 27.8 Å². The fraction of sp³-hybridized carbons (Fsp3) is 0.282. The number of nitrogens with one attached hydrogen (secondary N) is 2. The number of nitrogens with zero attached hydrogens (tertiary/aromatic N) is 2. The number of hydrogen-bond acceptors (Lipinski definition) is 6. The van der Waals surface area contributed by atoms with E-state index in [0.717, 1.165) is 30.4 Å². The summed E-state index contributed by atoms with van der Waals surface area (Å²) in [4.78, 5) is 44.3. The van der Waals surface area contributed by atoms with Gasteiger partial charge in [-0.1, -0.05) is 48.5 Å². The van der Waals surface area contributed by atoms with Crippen LogP contribution in [0.3, 0.4) is 0 Å². The molecule has 3 amide bonds. The van der Waals surface area contributed by atoms with Crippen LogP contribution >= 0.6 is 0 Å². The van der Waals surface area contributed by atoms with Gasteiger partial charge in [0.1, 0.15) is 0 Å². The highest BCUT2D eigenvalue weighted by Gasteiger charge is 2.30. The van der Waals surface area contributed by atoms with Gasteiger partial charge in [-0.05, 0) is 100 Å². The van der Waals surface area contributed by atoms with E-state index in [1.807, 2.05) is 70.2 Å². The summed E-state index contributed by atoms with van der Waals surface area (Å²) in [5, 5.41) is 15.4. The molecule has 0 unspecified atom stereocenters. The van der Waals surface area contributed by atoms with E-state index in [-0.39, 0.29) is 28.9 Å². The minimum Gasteiger partial charge on any atom is -0.493 e. The molecule has 0 aliphatic carbocycles. The largest absolute Gasteiger partial charge is 0.493 e. The number of benzene rings is 4. The predicted molar refractivity (Wildman–Crippen MR) is 195 cm³/mol. The Balaban J connectivity index is 1.57. The van der Waals surface area contributed by atoms with Crippen LogP contribution in [0.2, 0.25) is 0 Å². The first kappa shape index (κ1) is 37.0. The molecule has 4 aromatic carbocycles. The molecular weight excluding hydrogens is 636 g/mol. The van der Waals surface area contributed by atoms with Gasteiger partial charge in [0.2, 0.25) is 11.7 Å². The highest BCUT2D eigenvalue weighted by Crippen LogP contribution is 2.38. The molecule has 0 spiro atoms. The first-order valence-electron chi connectivity index (χ1n) is 16.1. The van der Waals surface area contributed by atoms with Crippen LogP contribution in [0.5, 0.6) is 17.2 Å². The summed E-state index contributed by atoms with van der Waals surface area (Å²) in [6, 6.07) is 26.1. The fourth-order valence-corrected chi connectivity index (χ4v) is 5.48. The van der Waals surface area contributed by atoms with Crippen LogP contribution in [0, 0.1) is 6.92 Å². The van der Waals surface area contributed by atoms with Gasteiger partial charge in [-0.25, -0.2) is 4.79 Å². The van der Waals surface area contributed by atoms with Crippen LogP contribution in [0.25, 0.3) is 0 Å². The first-order valence-corrected chi connectivity index (χ1v) is 16.1. The van der Waals surface area contributed by atoms with E-state index >= 15 is 0 Å². The van der Waals surface area contributed by atoms with Crippen LogP contribution in [-0.2, 0) is 12.8 Å². The molecular formula is C39H44N4O7. The summed E-state index contributed by atoms with van der Waals surface area (Å²) >= 11 is 0. The molecule has 11 nitrogen and oxygen atoms in total. The number of carbonyl (C=O) groups is 3. The lowest BCUT2D eigenvalue weighted by atomic mass is 10.0. The van der Waals surface area contributed by atoms with E-state index in [9.17, 15) is 19.5 Å². The van der Waals surface area contributed by atoms with Crippen molar-refractivity contribution in [1.82, 2.24) is 5.32 Å². The van der Waals surface area contributed by atoms with Crippen LogP contribution in [0.15, 0.2) is 89.9 Å². The van der Waals surface area contributed by atoms with E-state index in [0.29, 0.717) is 22.7 Å². The fourth-order valence-electron chi connectivity index (χ4n) is 5.48. The molecule has 0 bridgehead atoms. The van der Waals surface area contributed by atoms with Gasteiger partial charge in [-0.2, -0.15) is 0 Å². The Morgan fingerprint density at radius 1 is 0.760 bits per heavy atom. The minimum absolute atomic E-state index is 0.116. The quantitative estimate of drug-likeness (QED) is 0.109. The predicted octanol–water partition coefficient (Wildman–Crippen LogP) is 7.52. The molecule has 0 aliphatic heterocycles. The molecule has 0 heterocycles. The highest BCUT2D eigenvalue weighted by molar-refractivity contribution is 6.14. The highest BCUT2D eigenvalue weighted by atomic mass is 16.5. The lowest BCUT2D eigenvalue weighted by molar-refractivity contribution is 0.0974. The second-order valence-corrected chi connectivity index (χ2v) is 12.6. The number of carbonyl (C=O) groups excluding carboxylic acids is 2. The van der Waals surface area contributed by atoms with Crippen molar-refractivity contribution < 1.29 is 33.7 Å². The molecule has 0 saturated heterocycles. The maximum absolute atomic E-state index is 13.6. The van der Waals surface area contributed by atoms with Crippen molar-refractivity contribution in [2.24, 2.45) is 4.99 Å². The molecule has 262 valence electrons. The van der Waals surface area contributed by atoms with Gasteiger partial charge in [0.05, 0.1) is 21.3 Å². The molecule has 0 radical (unpaired) electrons. The van der Waals surface area contributed by atoms with Crippen molar-refractivity contribution in [1.29, 1.82) is 0 Å². The zero-order valence-corrected chi connectivity index (χ0v) is 29.5. The summed E-state index contributed by atoms with van der Waals surface area (Å²) in [7, 11) is 4.30. The number of guanidine groups is 1. The number of methoxy groups -OCH3 is 3. The van der Waals surface area contributed by atoms with Crippen molar-refractivity contribution in [2.45, 2.75) is 52.5 Å². The number of ether oxygens (including phenoxy) is 3. The van der Waals surface area contributed by atoms with E-state index < -0.39 is 17.5 Å². The van der Waals surface area contributed by atoms with Gasteiger partial charge in [-0.3, -0.25) is 14.9 Å². The van der Waals surface area contributed by atoms with E-state index in [1.54, 1.807) is 23.1 Å². The molecule has 4 rings (SSSR count). The number of rotatable bonds is 11. The Kier molecular flexibility index (Phi) is 12.2. The van der Waals surface area contributed by atoms with Gasteiger partial charge in [0, 0.05) is 28.0 Å². The van der Waals surface area contributed by atoms with Gasteiger partial charge < -0.3 is 29.5 Å². The van der Waals surface area contributed by atoms with Gasteiger partial charge in [-0.15, -0.1) is 4.99 Å².